The second-order valence-electron chi connectivity index (χ2n) is 5.18. The summed E-state index contributed by atoms with van der Waals surface area (Å²) in [6.07, 6.45) is 1.03. The molecule has 7 nitrogen and oxygen atoms in total. The van der Waals surface area contributed by atoms with Crippen molar-refractivity contribution in [3.05, 3.63) is 75.3 Å². The zero-order chi connectivity index (χ0) is 19.6. The first-order valence-electron chi connectivity index (χ1n) is 7.28. The van der Waals surface area contributed by atoms with Gasteiger partial charge >= 0.3 is 5.69 Å². The lowest BCUT2D eigenvalue weighted by Gasteiger charge is -2.10. The molecule has 1 aromatic heterocycles. The molecule has 11 heteroatoms. The molecule has 0 fully saturated rings. The molecule has 0 aliphatic carbocycles. The molecule has 0 aliphatic heterocycles. The lowest BCUT2D eigenvalue weighted by atomic mass is 10.3. The van der Waals surface area contributed by atoms with Crippen LogP contribution in [0.5, 0.6) is 0 Å². The third-order valence-electron chi connectivity index (χ3n) is 3.37. The average Bonchev–Trinajstić information content (AvgIpc) is 2.61. The van der Waals surface area contributed by atoms with Gasteiger partial charge in [0.05, 0.1) is 9.95 Å². The fraction of sp³-hybridized carbons (Fsp3) is 0. The molecule has 138 valence electrons. The van der Waals surface area contributed by atoms with E-state index in [-0.39, 0.29) is 28.0 Å². The fourth-order valence-corrected chi connectivity index (χ4v) is 2.34. The Labute approximate surface area is 155 Å². The molecular weight excluding hydrogens is 387 g/mol. The van der Waals surface area contributed by atoms with Crippen molar-refractivity contribution in [1.29, 1.82) is 0 Å². The van der Waals surface area contributed by atoms with Gasteiger partial charge in [-0.15, -0.1) is 0 Å². The first-order chi connectivity index (χ1) is 12.8. The molecule has 0 amide bonds. The van der Waals surface area contributed by atoms with Gasteiger partial charge in [-0.3, -0.25) is 10.1 Å². The summed E-state index contributed by atoms with van der Waals surface area (Å²) in [5.74, 6) is -3.30. The number of nitrogens with zero attached hydrogens (tertiary/aromatic N) is 3. The lowest BCUT2D eigenvalue weighted by molar-refractivity contribution is -0.383. The molecule has 2 N–H and O–H groups in total. The van der Waals surface area contributed by atoms with E-state index in [4.69, 9.17) is 11.6 Å². The molecule has 0 saturated carbocycles. The first kappa shape index (κ1) is 18.4. The van der Waals surface area contributed by atoms with Crippen LogP contribution in [0.1, 0.15) is 0 Å². The predicted molar refractivity (Wildman–Crippen MR) is 93.0 cm³/mol. The molecule has 0 spiro atoms. The number of nitrogens with one attached hydrogen (secondary N) is 2. The highest BCUT2D eigenvalue weighted by atomic mass is 35.5. The van der Waals surface area contributed by atoms with Gasteiger partial charge in [0, 0.05) is 17.4 Å². The molecule has 0 saturated heterocycles. The van der Waals surface area contributed by atoms with Crippen molar-refractivity contribution in [2.45, 2.75) is 0 Å². The SMILES string of the molecule is O=[N+]([O-])c1c(Nc2ccc(F)c(F)c2)ncnc1Nc1ccc(F)c(Cl)c1. The number of rotatable bonds is 5. The Morgan fingerprint density at radius 2 is 1.44 bits per heavy atom. The molecule has 3 aromatic rings. The molecule has 2 aromatic carbocycles. The van der Waals surface area contributed by atoms with Crippen LogP contribution in [0.15, 0.2) is 42.7 Å². The molecule has 0 bridgehead atoms. The smallest absolute Gasteiger partial charge is 0.334 e. The third kappa shape index (κ3) is 4.06. The number of hydrogen-bond acceptors (Lipinski definition) is 6. The summed E-state index contributed by atoms with van der Waals surface area (Å²) in [5.41, 5.74) is -0.254. The third-order valence-corrected chi connectivity index (χ3v) is 3.66. The largest absolute Gasteiger partial charge is 0.353 e. The minimum absolute atomic E-state index is 0.0477. The van der Waals surface area contributed by atoms with Crippen LogP contribution in [0.2, 0.25) is 5.02 Å². The van der Waals surface area contributed by atoms with Gasteiger partial charge in [0.2, 0.25) is 11.6 Å². The maximum absolute atomic E-state index is 13.3. The van der Waals surface area contributed by atoms with Crippen molar-refractivity contribution in [3.8, 4) is 0 Å². The van der Waals surface area contributed by atoms with Crippen molar-refractivity contribution < 1.29 is 18.1 Å². The minimum atomic E-state index is -1.13. The topological polar surface area (TPSA) is 93.0 Å². The number of nitro groups is 1. The zero-order valence-corrected chi connectivity index (χ0v) is 14.0. The van der Waals surface area contributed by atoms with Gasteiger partial charge < -0.3 is 10.6 Å². The maximum atomic E-state index is 13.3. The fourth-order valence-electron chi connectivity index (χ4n) is 2.16. The maximum Gasteiger partial charge on any atom is 0.353 e. The number of halogens is 4. The highest BCUT2D eigenvalue weighted by Crippen LogP contribution is 2.33. The second-order valence-corrected chi connectivity index (χ2v) is 5.59. The van der Waals surface area contributed by atoms with Crippen LogP contribution < -0.4 is 10.6 Å². The lowest BCUT2D eigenvalue weighted by Crippen LogP contribution is -2.06. The van der Waals surface area contributed by atoms with Crippen LogP contribution in [0, 0.1) is 27.6 Å². The van der Waals surface area contributed by atoms with E-state index in [1.807, 2.05) is 0 Å². The number of aromatic nitrogens is 2. The molecule has 3 rings (SSSR count). The van der Waals surface area contributed by atoms with Crippen LogP contribution in [0.3, 0.4) is 0 Å². The van der Waals surface area contributed by atoms with E-state index in [0.29, 0.717) is 0 Å². The number of hydrogen-bond donors (Lipinski definition) is 2. The standard InChI is InChI=1S/C16H9ClF3N5O2/c17-10-5-8(1-3-11(10)18)23-15-14(25(26)27)16(22-7-21-15)24-9-2-4-12(19)13(20)6-9/h1-7H,(H2,21,22,23,24). The molecule has 1 heterocycles. The summed E-state index contributed by atoms with van der Waals surface area (Å²) >= 11 is 5.69. The van der Waals surface area contributed by atoms with Gasteiger partial charge in [0.1, 0.15) is 12.1 Å². The molecule has 0 atom stereocenters. The average molecular weight is 396 g/mol. The van der Waals surface area contributed by atoms with Gasteiger partial charge in [0.15, 0.2) is 11.6 Å². The van der Waals surface area contributed by atoms with E-state index in [9.17, 15) is 23.3 Å². The summed E-state index contributed by atoms with van der Waals surface area (Å²) in [5, 5.41) is 16.5. The van der Waals surface area contributed by atoms with E-state index in [0.717, 1.165) is 24.5 Å². The Kier molecular flexibility index (Phi) is 5.08. The minimum Gasteiger partial charge on any atom is -0.334 e. The molecule has 0 aliphatic rings. The van der Waals surface area contributed by atoms with E-state index in [1.165, 1.54) is 18.2 Å². The quantitative estimate of drug-likeness (QED) is 0.469. The van der Waals surface area contributed by atoms with Crippen LogP contribution in [-0.4, -0.2) is 14.9 Å². The van der Waals surface area contributed by atoms with Crippen molar-refractivity contribution in [2.24, 2.45) is 0 Å². The van der Waals surface area contributed by atoms with Crippen molar-refractivity contribution >= 4 is 40.3 Å². The molecule has 0 unspecified atom stereocenters. The Morgan fingerprint density at radius 1 is 0.889 bits per heavy atom. The van der Waals surface area contributed by atoms with Gasteiger partial charge in [-0.2, -0.15) is 0 Å². The van der Waals surface area contributed by atoms with Crippen LogP contribution >= 0.6 is 11.6 Å². The van der Waals surface area contributed by atoms with E-state index < -0.39 is 28.1 Å². The van der Waals surface area contributed by atoms with Crippen molar-refractivity contribution in [3.63, 3.8) is 0 Å². The van der Waals surface area contributed by atoms with E-state index >= 15 is 0 Å². The summed E-state index contributed by atoms with van der Waals surface area (Å²) in [6, 6.07) is 6.51. The summed E-state index contributed by atoms with van der Waals surface area (Å²) < 4.78 is 39.6. The first-order valence-corrected chi connectivity index (χ1v) is 7.66. The van der Waals surface area contributed by atoms with Gasteiger partial charge in [-0.25, -0.2) is 23.1 Å². The van der Waals surface area contributed by atoms with Gasteiger partial charge in [0.25, 0.3) is 0 Å². The normalized spacial score (nSPS) is 10.5. The summed E-state index contributed by atoms with van der Waals surface area (Å²) in [6.45, 7) is 0. The predicted octanol–water partition coefficient (Wildman–Crippen LogP) is 4.94. The second kappa shape index (κ2) is 7.46. The molecule has 27 heavy (non-hydrogen) atoms. The number of anilines is 4. The van der Waals surface area contributed by atoms with E-state index in [2.05, 4.69) is 20.6 Å². The highest BCUT2D eigenvalue weighted by Gasteiger charge is 2.23. The zero-order valence-electron chi connectivity index (χ0n) is 13.2. The van der Waals surface area contributed by atoms with Crippen LogP contribution in [0.25, 0.3) is 0 Å². The van der Waals surface area contributed by atoms with Crippen molar-refractivity contribution in [1.82, 2.24) is 9.97 Å². The van der Waals surface area contributed by atoms with Crippen LogP contribution in [-0.2, 0) is 0 Å². The Balaban J connectivity index is 1.97. The molecule has 0 radical (unpaired) electrons. The Morgan fingerprint density at radius 3 is 1.96 bits per heavy atom. The van der Waals surface area contributed by atoms with Crippen LogP contribution in [0.4, 0.5) is 41.9 Å². The Hall–Kier alpha value is -3.40. The monoisotopic (exact) mass is 395 g/mol. The van der Waals surface area contributed by atoms with E-state index in [1.54, 1.807) is 0 Å². The highest BCUT2D eigenvalue weighted by molar-refractivity contribution is 6.31. The Bertz CT molecular complexity index is 963. The van der Waals surface area contributed by atoms with Crippen molar-refractivity contribution in [2.75, 3.05) is 10.6 Å². The van der Waals surface area contributed by atoms with Gasteiger partial charge in [-0.1, -0.05) is 11.6 Å². The summed E-state index contributed by atoms with van der Waals surface area (Å²) in [4.78, 5) is 18.3. The number of benzene rings is 2. The summed E-state index contributed by atoms with van der Waals surface area (Å²) in [7, 11) is 0. The van der Waals surface area contributed by atoms with Gasteiger partial charge in [-0.05, 0) is 30.3 Å². The molecular formula is C16H9ClF3N5O2.